The second-order valence-corrected chi connectivity index (χ2v) is 10.9. The number of hydrogen-bond acceptors (Lipinski definition) is 6. The minimum Gasteiger partial charge on any atom is -0.456 e. The Hall–Kier alpha value is -4.26. The van der Waals surface area contributed by atoms with Crippen LogP contribution in [0.1, 0.15) is 10.0 Å². The highest BCUT2D eigenvalue weighted by atomic mass is 32.1. The monoisotopic (exact) mass is 514 g/mol. The maximum absolute atomic E-state index is 5.98. The predicted molar refractivity (Wildman–Crippen MR) is 152 cm³/mol. The molecule has 0 atom stereocenters. The number of thiazole rings is 2. The van der Waals surface area contributed by atoms with E-state index in [1.54, 1.807) is 22.7 Å². The largest absolute Gasteiger partial charge is 0.456 e. The molecule has 0 aliphatic rings. The molecule has 4 aromatic heterocycles. The van der Waals surface area contributed by atoms with Crippen molar-refractivity contribution in [1.29, 1.82) is 0 Å². The minimum absolute atomic E-state index is 0.725. The summed E-state index contributed by atoms with van der Waals surface area (Å²) >= 11 is 3.36. The Morgan fingerprint density at radius 3 is 1.49 bits per heavy atom. The van der Waals surface area contributed by atoms with Gasteiger partial charge in [-0.25, -0.2) is 9.97 Å². The third kappa shape index (κ3) is 3.49. The Balaban J connectivity index is 1.08. The summed E-state index contributed by atoms with van der Waals surface area (Å²) in [6.07, 6.45) is 0.725. The fourth-order valence-corrected chi connectivity index (χ4v) is 6.66. The predicted octanol–water partition coefficient (Wildman–Crippen LogP) is 9.32. The van der Waals surface area contributed by atoms with Crippen LogP contribution in [0.3, 0.4) is 0 Å². The van der Waals surface area contributed by atoms with Gasteiger partial charge in [-0.05, 0) is 48.5 Å². The molecule has 37 heavy (non-hydrogen) atoms. The van der Waals surface area contributed by atoms with Crippen molar-refractivity contribution in [3.05, 3.63) is 106 Å². The van der Waals surface area contributed by atoms with Gasteiger partial charge in [-0.2, -0.15) is 0 Å². The number of rotatable bonds is 4. The van der Waals surface area contributed by atoms with Gasteiger partial charge in [0.1, 0.15) is 32.3 Å². The maximum Gasteiger partial charge on any atom is 0.135 e. The normalized spacial score (nSPS) is 11.9. The van der Waals surface area contributed by atoms with Crippen LogP contribution in [-0.2, 0) is 6.42 Å². The molecule has 4 nitrogen and oxygen atoms in total. The lowest BCUT2D eigenvalue weighted by Crippen LogP contribution is -1.87. The molecule has 0 fully saturated rings. The van der Waals surface area contributed by atoms with E-state index in [1.165, 1.54) is 0 Å². The van der Waals surface area contributed by atoms with Gasteiger partial charge in [0.05, 0.1) is 17.8 Å². The smallest absolute Gasteiger partial charge is 0.135 e. The van der Waals surface area contributed by atoms with Crippen molar-refractivity contribution in [1.82, 2.24) is 9.97 Å². The Kier molecular flexibility index (Phi) is 4.59. The summed E-state index contributed by atoms with van der Waals surface area (Å²) in [6, 6.07) is 28.9. The highest BCUT2D eigenvalue weighted by Crippen LogP contribution is 2.35. The lowest BCUT2D eigenvalue weighted by atomic mass is 10.1. The van der Waals surface area contributed by atoms with Crippen LogP contribution in [0.4, 0.5) is 0 Å². The second kappa shape index (κ2) is 8.13. The summed E-state index contributed by atoms with van der Waals surface area (Å²) in [4.78, 5) is 9.88. The summed E-state index contributed by atoms with van der Waals surface area (Å²) in [5.41, 5.74) is 7.79. The molecule has 0 aliphatic heterocycles. The molecule has 0 bridgehead atoms. The number of benzene rings is 4. The molecule has 4 aromatic carbocycles. The van der Waals surface area contributed by atoms with Crippen molar-refractivity contribution in [2.45, 2.75) is 6.42 Å². The molecule has 0 saturated carbocycles. The topological polar surface area (TPSA) is 52.1 Å². The standard InChI is InChI=1S/C31H18N2O2S2/c1-3-7-26-20(5-1)22-13-18(9-11-28(22)34-26)24-16-36-30(32-24)15-31-33-25(17-37-31)19-10-12-29-23(14-19)21-6-2-4-8-27(21)35-29/h1-14,16-17H,15H2. The van der Waals surface area contributed by atoms with Crippen LogP contribution in [0.5, 0.6) is 0 Å². The van der Waals surface area contributed by atoms with E-state index in [4.69, 9.17) is 18.8 Å². The molecule has 0 aliphatic carbocycles. The summed E-state index contributed by atoms with van der Waals surface area (Å²) in [5, 5.41) is 10.9. The van der Waals surface area contributed by atoms with E-state index in [0.29, 0.717) is 0 Å². The molecule has 6 heteroatoms. The molecule has 0 spiro atoms. The zero-order valence-corrected chi connectivity index (χ0v) is 21.1. The highest BCUT2D eigenvalue weighted by Gasteiger charge is 2.13. The summed E-state index contributed by atoms with van der Waals surface area (Å²) in [7, 11) is 0. The molecule has 176 valence electrons. The van der Waals surface area contributed by atoms with E-state index in [1.807, 2.05) is 48.5 Å². The van der Waals surface area contributed by atoms with Gasteiger partial charge in [0.2, 0.25) is 0 Å². The van der Waals surface area contributed by atoms with Crippen LogP contribution in [-0.4, -0.2) is 9.97 Å². The molecule has 0 unspecified atom stereocenters. The number of hydrogen-bond donors (Lipinski definition) is 0. The Labute approximate surface area is 219 Å². The third-order valence-electron chi connectivity index (χ3n) is 6.75. The first kappa shape index (κ1) is 20.9. The highest BCUT2D eigenvalue weighted by molar-refractivity contribution is 7.11. The quantitative estimate of drug-likeness (QED) is 0.235. The van der Waals surface area contributed by atoms with Gasteiger partial charge in [-0.15, -0.1) is 22.7 Å². The number of para-hydroxylation sites is 2. The summed E-state index contributed by atoms with van der Waals surface area (Å²) in [6.45, 7) is 0. The number of aromatic nitrogens is 2. The number of fused-ring (bicyclic) bond motifs is 6. The van der Waals surface area contributed by atoms with Gasteiger partial charge in [-0.3, -0.25) is 0 Å². The SMILES string of the molecule is c1ccc2c(c1)oc1ccc(-c3csc(Cc4nc(-c5ccc6oc7ccccc7c6c5)cs4)n3)cc12. The second-order valence-electron chi connectivity index (χ2n) is 9.05. The van der Waals surface area contributed by atoms with Crippen molar-refractivity contribution in [2.75, 3.05) is 0 Å². The van der Waals surface area contributed by atoms with Crippen molar-refractivity contribution >= 4 is 66.6 Å². The molecule has 0 radical (unpaired) electrons. The van der Waals surface area contributed by atoms with E-state index in [9.17, 15) is 0 Å². The Morgan fingerprint density at radius 2 is 0.973 bits per heavy atom. The van der Waals surface area contributed by atoms with E-state index < -0.39 is 0 Å². The molecule has 0 amide bonds. The van der Waals surface area contributed by atoms with Crippen LogP contribution in [0, 0.1) is 0 Å². The number of nitrogens with zero attached hydrogens (tertiary/aromatic N) is 2. The Bertz CT molecular complexity index is 1940. The lowest BCUT2D eigenvalue weighted by molar-refractivity contribution is 0.668. The molecular formula is C31H18N2O2S2. The molecule has 0 saturated heterocycles. The molecule has 0 N–H and O–H groups in total. The van der Waals surface area contributed by atoms with Gasteiger partial charge in [0.15, 0.2) is 0 Å². The van der Waals surface area contributed by atoms with Crippen LogP contribution in [0.15, 0.2) is 105 Å². The lowest BCUT2D eigenvalue weighted by Gasteiger charge is -1.98. The first-order valence-corrected chi connectivity index (χ1v) is 13.8. The van der Waals surface area contributed by atoms with Crippen LogP contribution < -0.4 is 0 Å². The maximum atomic E-state index is 5.98. The van der Waals surface area contributed by atoms with E-state index in [0.717, 1.165) is 82.8 Å². The van der Waals surface area contributed by atoms with Gasteiger partial charge in [0, 0.05) is 43.4 Å². The van der Waals surface area contributed by atoms with Gasteiger partial charge < -0.3 is 8.83 Å². The molecule has 8 aromatic rings. The van der Waals surface area contributed by atoms with Gasteiger partial charge >= 0.3 is 0 Å². The first-order valence-electron chi connectivity index (χ1n) is 12.0. The van der Waals surface area contributed by atoms with Crippen molar-refractivity contribution in [3.8, 4) is 22.5 Å². The van der Waals surface area contributed by atoms with Crippen LogP contribution in [0.2, 0.25) is 0 Å². The molecular weight excluding hydrogens is 496 g/mol. The fraction of sp³-hybridized carbons (Fsp3) is 0.0323. The van der Waals surface area contributed by atoms with E-state index in [2.05, 4.69) is 47.2 Å². The average Bonchev–Trinajstić information content (AvgIpc) is 3.73. The third-order valence-corrected chi connectivity index (χ3v) is 8.45. The zero-order valence-electron chi connectivity index (χ0n) is 19.5. The Morgan fingerprint density at radius 1 is 0.514 bits per heavy atom. The van der Waals surface area contributed by atoms with Crippen molar-refractivity contribution < 1.29 is 8.83 Å². The van der Waals surface area contributed by atoms with Crippen LogP contribution >= 0.6 is 22.7 Å². The first-order chi connectivity index (χ1) is 18.3. The van der Waals surface area contributed by atoms with Gasteiger partial charge in [0.25, 0.3) is 0 Å². The van der Waals surface area contributed by atoms with Crippen molar-refractivity contribution in [2.24, 2.45) is 0 Å². The summed E-state index contributed by atoms with van der Waals surface area (Å²) < 4.78 is 12.0. The summed E-state index contributed by atoms with van der Waals surface area (Å²) in [5.74, 6) is 0. The van der Waals surface area contributed by atoms with Crippen molar-refractivity contribution in [3.63, 3.8) is 0 Å². The fourth-order valence-electron chi connectivity index (χ4n) is 4.95. The van der Waals surface area contributed by atoms with Gasteiger partial charge in [-0.1, -0.05) is 36.4 Å². The minimum atomic E-state index is 0.725. The van der Waals surface area contributed by atoms with E-state index in [-0.39, 0.29) is 0 Å². The molecule has 8 rings (SSSR count). The van der Waals surface area contributed by atoms with E-state index >= 15 is 0 Å². The zero-order chi connectivity index (χ0) is 24.3. The molecule has 4 heterocycles. The number of furan rings is 2. The average molecular weight is 515 g/mol. The van der Waals surface area contributed by atoms with Crippen LogP contribution in [0.25, 0.3) is 66.4 Å².